The number of nitrogens with zero attached hydrogens (tertiary/aromatic N) is 1. The molecule has 0 aliphatic rings. The number of rotatable bonds is 4. The molecule has 1 atom stereocenters. The second-order valence-corrected chi connectivity index (χ2v) is 6.09. The van der Waals surface area contributed by atoms with Crippen LogP contribution in [0.4, 0.5) is 5.00 Å². The van der Waals surface area contributed by atoms with E-state index in [1.54, 1.807) is 0 Å². The Bertz CT molecular complexity index is 686. The Kier molecular flexibility index (Phi) is 4.73. The smallest absolute Gasteiger partial charge is 0.226 e. The number of aryl methyl sites for hydroxylation is 1. The van der Waals surface area contributed by atoms with Crippen LogP contribution in [0.3, 0.4) is 0 Å². The number of hydrogen-bond donors (Lipinski definition) is 2. The van der Waals surface area contributed by atoms with Gasteiger partial charge in [0.1, 0.15) is 11.1 Å². The number of anilines is 1. The average Bonchev–Trinajstić information content (AvgIpc) is 2.73. The van der Waals surface area contributed by atoms with Crippen molar-refractivity contribution in [3.63, 3.8) is 0 Å². The summed E-state index contributed by atoms with van der Waals surface area (Å²) in [6, 6.07) is 11.3. The van der Waals surface area contributed by atoms with E-state index in [0.717, 1.165) is 16.0 Å². The number of nitrogens with two attached hydrogens (primary N) is 1. The maximum Gasteiger partial charge on any atom is 0.226 e. The fourth-order valence-corrected chi connectivity index (χ4v) is 3.07. The number of hydrogen-bond acceptors (Lipinski definition) is 4. The largest absolute Gasteiger partial charge is 0.324 e. The number of nitriles is 1. The predicted molar refractivity (Wildman–Crippen MR) is 85.1 cm³/mol. The van der Waals surface area contributed by atoms with Crippen molar-refractivity contribution in [2.75, 3.05) is 5.32 Å². The first kappa shape index (κ1) is 15.2. The lowest BCUT2D eigenvalue weighted by Gasteiger charge is -2.11. The van der Waals surface area contributed by atoms with E-state index in [2.05, 4.69) is 11.4 Å². The molecular formula is C16H17N3OS. The van der Waals surface area contributed by atoms with Crippen LogP contribution in [0.1, 0.15) is 34.0 Å². The standard InChI is InChI=1S/C16H17N3OS/c1-10-11(2)21-16(13(10)9-17)19-15(20)8-14(18)12-6-4-3-5-7-12/h3-7,14H,8,18H2,1-2H3,(H,19,20). The van der Waals surface area contributed by atoms with Crippen molar-refractivity contribution >= 4 is 22.2 Å². The van der Waals surface area contributed by atoms with Crippen LogP contribution < -0.4 is 11.1 Å². The second-order valence-electron chi connectivity index (χ2n) is 4.87. The Hall–Kier alpha value is -2.16. The highest BCUT2D eigenvalue weighted by Crippen LogP contribution is 2.31. The Morgan fingerprint density at radius 1 is 1.38 bits per heavy atom. The minimum atomic E-state index is -0.348. The van der Waals surface area contributed by atoms with Crippen LogP contribution in [0, 0.1) is 25.2 Å². The highest BCUT2D eigenvalue weighted by atomic mass is 32.1. The van der Waals surface area contributed by atoms with Gasteiger partial charge in [-0.25, -0.2) is 0 Å². The minimum Gasteiger partial charge on any atom is -0.324 e. The lowest BCUT2D eigenvalue weighted by molar-refractivity contribution is -0.116. The van der Waals surface area contributed by atoms with Crippen LogP contribution in [-0.4, -0.2) is 5.91 Å². The lowest BCUT2D eigenvalue weighted by atomic mass is 10.0. The van der Waals surface area contributed by atoms with Crippen LogP contribution in [0.25, 0.3) is 0 Å². The van der Waals surface area contributed by atoms with Crippen molar-refractivity contribution in [3.8, 4) is 6.07 Å². The highest BCUT2D eigenvalue weighted by Gasteiger charge is 2.16. The van der Waals surface area contributed by atoms with Crippen molar-refractivity contribution in [3.05, 3.63) is 51.9 Å². The van der Waals surface area contributed by atoms with Crippen molar-refractivity contribution < 1.29 is 4.79 Å². The molecule has 0 saturated heterocycles. The third kappa shape index (κ3) is 3.48. The van der Waals surface area contributed by atoms with Crippen LogP contribution in [0.5, 0.6) is 0 Å². The number of carbonyl (C=O) groups is 1. The minimum absolute atomic E-state index is 0.177. The van der Waals surface area contributed by atoms with Gasteiger partial charge in [-0.15, -0.1) is 11.3 Å². The van der Waals surface area contributed by atoms with Gasteiger partial charge in [0.2, 0.25) is 5.91 Å². The maximum atomic E-state index is 12.1. The third-order valence-corrected chi connectivity index (χ3v) is 4.51. The second kappa shape index (κ2) is 6.53. The van der Waals surface area contributed by atoms with Gasteiger partial charge in [0.25, 0.3) is 0 Å². The molecule has 3 N–H and O–H groups in total. The SMILES string of the molecule is Cc1sc(NC(=O)CC(N)c2ccccc2)c(C#N)c1C. The summed E-state index contributed by atoms with van der Waals surface area (Å²) in [7, 11) is 0. The maximum absolute atomic E-state index is 12.1. The van der Waals surface area contributed by atoms with E-state index < -0.39 is 0 Å². The Balaban J connectivity index is 2.06. The topological polar surface area (TPSA) is 78.9 Å². The van der Waals surface area contributed by atoms with Gasteiger partial charge in [-0.1, -0.05) is 30.3 Å². The first-order chi connectivity index (χ1) is 10.0. The summed E-state index contributed by atoms with van der Waals surface area (Å²) in [5.41, 5.74) is 8.42. The van der Waals surface area contributed by atoms with E-state index in [1.165, 1.54) is 11.3 Å². The quantitative estimate of drug-likeness (QED) is 0.909. The van der Waals surface area contributed by atoms with Crippen molar-refractivity contribution in [1.82, 2.24) is 0 Å². The molecule has 2 rings (SSSR count). The highest BCUT2D eigenvalue weighted by molar-refractivity contribution is 7.16. The van der Waals surface area contributed by atoms with E-state index in [1.807, 2.05) is 44.2 Å². The van der Waals surface area contributed by atoms with Crippen LogP contribution in [0.2, 0.25) is 0 Å². The number of nitrogens with one attached hydrogen (secondary N) is 1. The van der Waals surface area contributed by atoms with E-state index in [-0.39, 0.29) is 18.4 Å². The number of thiophene rings is 1. The molecule has 0 fully saturated rings. The molecule has 0 radical (unpaired) electrons. The summed E-state index contributed by atoms with van der Waals surface area (Å²) in [5, 5.41) is 12.6. The molecule has 0 saturated carbocycles. The molecule has 0 spiro atoms. The summed E-state index contributed by atoms with van der Waals surface area (Å²) in [6.07, 6.45) is 0.185. The van der Waals surface area contributed by atoms with Gasteiger partial charge in [-0.05, 0) is 25.0 Å². The predicted octanol–water partition coefficient (Wildman–Crippen LogP) is 3.27. The Morgan fingerprint density at radius 2 is 2.05 bits per heavy atom. The van der Waals surface area contributed by atoms with Crippen LogP contribution in [-0.2, 0) is 4.79 Å². The number of amides is 1. The molecule has 108 valence electrons. The van der Waals surface area contributed by atoms with Crippen LogP contribution in [0.15, 0.2) is 30.3 Å². The normalized spacial score (nSPS) is 11.7. The van der Waals surface area contributed by atoms with Crippen molar-refractivity contribution in [2.45, 2.75) is 26.3 Å². The molecule has 4 nitrogen and oxygen atoms in total. The van der Waals surface area contributed by atoms with Gasteiger partial charge in [0, 0.05) is 17.3 Å². The molecule has 1 heterocycles. The fourth-order valence-electron chi connectivity index (χ4n) is 2.05. The zero-order chi connectivity index (χ0) is 15.4. The van der Waals surface area contributed by atoms with E-state index in [9.17, 15) is 4.79 Å². The molecular weight excluding hydrogens is 282 g/mol. The number of carbonyl (C=O) groups excluding carboxylic acids is 1. The number of benzene rings is 1. The molecule has 0 aliphatic carbocycles. The van der Waals surface area contributed by atoms with Gasteiger partial charge in [0.05, 0.1) is 5.56 Å². The molecule has 1 aromatic carbocycles. The van der Waals surface area contributed by atoms with E-state index >= 15 is 0 Å². The lowest BCUT2D eigenvalue weighted by Crippen LogP contribution is -2.20. The molecule has 1 aromatic heterocycles. The molecule has 0 aliphatic heterocycles. The van der Waals surface area contributed by atoms with E-state index in [0.29, 0.717) is 10.6 Å². The zero-order valence-corrected chi connectivity index (χ0v) is 12.8. The molecule has 21 heavy (non-hydrogen) atoms. The molecule has 1 amide bonds. The van der Waals surface area contributed by atoms with Crippen molar-refractivity contribution in [1.29, 1.82) is 5.26 Å². The summed E-state index contributed by atoms with van der Waals surface area (Å²) in [4.78, 5) is 13.1. The average molecular weight is 299 g/mol. The first-order valence-electron chi connectivity index (χ1n) is 6.63. The zero-order valence-electron chi connectivity index (χ0n) is 12.0. The summed E-state index contributed by atoms with van der Waals surface area (Å²) < 4.78 is 0. The Labute approximate surface area is 128 Å². The van der Waals surface area contributed by atoms with Crippen molar-refractivity contribution in [2.24, 2.45) is 5.73 Å². The first-order valence-corrected chi connectivity index (χ1v) is 7.45. The molecule has 2 aromatic rings. The summed E-state index contributed by atoms with van der Waals surface area (Å²) in [6.45, 7) is 3.82. The fraction of sp³-hybridized carbons (Fsp3) is 0.250. The summed E-state index contributed by atoms with van der Waals surface area (Å²) in [5.74, 6) is -0.177. The summed E-state index contributed by atoms with van der Waals surface area (Å²) >= 11 is 1.42. The van der Waals surface area contributed by atoms with E-state index in [4.69, 9.17) is 11.0 Å². The van der Waals surface area contributed by atoms with Crippen LogP contribution >= 0.6 is 11.3 Å². The van der Waals surface area contributed by atoms with Gasteiger partial charge >= 0.3 is 0 Å². The molecule has 1 unspecified atom stereocenters. The van der Waals surface area contributed by atoms with Gasteiger partial charge in [0.15, 0.2) is 0 Å². The van der Waals surface area contributed by atoms with Gasteiger partial charge in [-0.2, -0.15) is 5.26 Å². The monoisotopic (exact) mass is 299 g/mol. The third-order valence-electron chi connectivity index (χ3n) is 3.38. The van der Waals surface area contributed by atoms with Gasteiger partial charge < -0.3 is 11.1 Å². The van der Waals surface area contributed by atoms with Gasteiger partial charge in [-0.3, -0.25) is 4.79 Å². The molecule has 5 heteroatoms. The molecule has 0 bridgehead atoms. The Morgan fingerprint density at radius 3 is 2.67 bits per heavy atom.